The number of fused-ring (bicyclic) bond motifs is 4. The highest BCUT2D eigenvalue weighted by Gasteiger charge is 2.74. The third-order valence-corrected chi connectivity index (χ3v) is 14.5. The first-order valence-electron chi connectivity index (χ1n) is 24.3. The highest BCUT2D eigenvalue weighted by molar-refractivity contribution is 6.12. The third-order valence-electron chi connectivity index (χ3n) is 14.5. The fourth-order valence-electron chi connectivity index (χ4n) is 11.4. The number of hydrogen-bond donors (Lipinski definition) is 2. The predicted molar refractivity (Wildman–Crippen MR) is 266 cm³/mol. The fraction of sp³-hybridized carbons (Fsp3) is 0.293. The van der Waals surface area contributed by atoms with Crippen LogP contribution in [0.4, 0.5) is 5.69 Å². The number of cyclic esters (lactones) is 1. The number of aliphatic hydroxyl groups is 1. The van der Waals surface area contributed by atoms with E-state index in [1.165, 1.54) is 5.56 Å². The summed E-state index contributed by atoms with van der Waals surface area (Å²) in [7, 11) is 2.03. The number of nitrogens with zero attached hydrogens (tertiary/aromatic N) is 4. The highest BCUT2D eigenvalue weighted by Crippen LogP contribution is 2.65. The standard InChI is InChI=1S/C58H55N5O8/c1-60(36-40-12-5-2-6-13-40)27-11-14-39-19-25-47-46(34-39)58(57(67)59-47)50(55(65)62-30-28-61(29-31-62)37-41-20-26-48-49(35-41)70-38-69-48)52-56(66)71-53(43-17-9-4-10-18-43)51(42-15-7-3-8-16-42)63(52)54(58)44-21-23-45(24-22-44)68-33-32-64/h2-10,12-13,15-26,34-35,50-54,64H,27-33,36-38H2,1H3,(H,59,67). The van der Waals surface area contributed by atoms with Gasteiger partial charge in [0.1, 0.15) is 29.9 Å². The molecule has 1 spiro atoms. The summed E-state index contributed by atoms with van der Waals surface area (Å²) < 4.78 is 23.7. The van der Waals surface area contributed by atoms with Crippen molar-refractivity contribution < 1.29 is 38.4 Å². The number of amides is 2. The largest absolute Gasteiger partial charge is 0.491 e. The van der Waals surface area contributed by atoms with Gasteiger partial charge in [0.2, 0.25) is 18.6 Å². The Morgan fingerprint density at radius 3 is 2.21 bits per heavy atom. The summed E-state index contributed by atoms with van der Waals surface area (Å²) >= 11 is 0. The van der Waals surface area contributed by atoms with Gasteiger partial charge in [-0.1, -0.05) is 121 Å². The number of carbonyl (C=O) groups is 3. The lowest BCUT2D eigenvalue weighted by Crippen LogP contribution is -2.58. The average molecular weight is 950 g/mol. The van der Waals surface area contributed by atoms with Crippen LogP contribution >= 0.6 is 0 Å². The molecule has 0 aliphatic carbocycles. The summed E-state index contributed by atoms with van der Waals surface area (Å²) in [6.45, 7) is 3.90. The number of carbonyl (C=O) groups excluding carboxylic acids is 3. The van der Waals surface area contributed by atoms with Crippen LogP contribution in [0.15, 0.2) is 152 Å². The molecule has 13 heteroatoms. The maximum atomic E-state index is 16.1. The van der Waals surface area contributed by atoms with E-state index in [9.17, 15) is 5.11 Å². The van der Waals surface area contributed by atoms with E-state index < -0.39 is 41.5 Å². The van der Waals surface area contributed by atoms with Crippen LogP contribution < -0.4 is 19.5 Å². The minimum Gasteiger partial charge on any atom is -0.491 e. The van der Waals surface area contributed by atoms with Crippen molar-refractivity contribution in [3.05, 3.63) is 191 Å². The molecule has 5 heterocycles. The summed E-state index contributed by atoms with van der Waals surface area (Å²) in [6.07, 6.45) is -0.795. The Morgan fingerprint density at radius 1 is 0.775 bits per heavy atom. The molecule has 2 N–H and O–H groups in total. The number of hydrogen-bond acceptors (Lipinski definition) is 11. The van der Waals surface area contributed by atoms with Gasteiger partial charge in [-0.25, -0.2) is 0 Å². The van der Waals surface area contributed by atoms with E-state index in [0.717, 1.165) is 34.7 Å². The summed E-state index contributed by atoms with van der Waals surface area (Å²) in [4.78, 5) is 55.8. The molecule has 13 nitrogen and oxygen atoms in total. The molecule has 2 amide bonds. The molecule has 0 saturated carbocycles. The Bertz CT molecular complexity index is 2980. The third kappa shape index (κ3) is 8.67. The monoisotopic (exact) mass is 949 g/mol. The Morgan fingerprint density at radius 2 is 1.48 bits per heavy atom. The molecular formula is C58H55N5O8. The van der Waals surface area contributed by atoms with E-state index in [0.29, 0.717) is 67.4 Å². The second-order valence-corrected chi connectivity index (χ2v) is 18.9. The smallest absolute Gasteiger partial charge is 0.324 e. The summed E-state index contributed by atoms with van der Waals surface area (Å²) in [5, 5.41) is 12.8. The maximum Gasteiger partial charge on any atom is 0.324 e. The van der Waals surface area contributed by atoms with E-state index in [1.54, 1.807) is 0 Å². The molecule has 360 valence electrons. The predicted octanol–water partition coefficient (Wildman–Crippen LogP) is 6.89. The molecule has 6 aromatic rings. The molecule has 0 radical (unpaired) electrons. The number of piperazine rings is 1. The van der Waals surface area contributed by atoms with E-state index in [-0.39, 0.29) is 31.8 Å². The molecule has 6 atom stereocenters. The second-order valence-electron chi connectivity index (χ2n) is 18.9. The van der Waals surface area contributed by atoms with Gasteiger partial charge in [-0.3, -0.25) is 29.1 Å². The van der Waals surface area contributed by atoms with Crippen molar-refractivity contribution in [2.75, 3.05) is 65.1 Å². The molecule has 0 aromatic heterocycles. The molecule has 6 aromatic carbocycles. The molecule has 5 aliphatic rings. The first-order chi connectivity index (χ1) is 34.8. The van der Waals surface area contributed by atoms with Crippen molar-refractivity contribution >= 4 is 23.5 Å². The number of morpholine rings is 1. The second kappa shape index (κ2) is 19.7. The molecule has 6 unspecified atom stereocenters. The van der Waals surface area contributed by atoms with Crippen LogP contribution in [0.3, 0.4) is 0 Å². The minimum atomic E-state index is -1.66. The van der Waals surface area contributed by atoms with E-state index in [2.05, 4.69) is 44.0 Å². The summed E-state index contributed by atoms with van der Waals surface area (Å²) in [5.41, 5.74) is 4.79. The van der Waals surface area contributed by atoms with Crippen molar-refractivity contribution in [3.63, 3.8) is 0 Å². The number of nitrogens with one attached hydrogen (secondary N) is 1. The first-order valence-corrected chi connectivity index (χ1v) is 24.3. The summed E-state index contributed by atoms with van der Waals surface area (Å²) in [6, 6.07) is 46.2. The number of anilines is 1. The fourth-order valence-corrected chi connectivity index (χ4v) is 11.4. The van der Waals surface area contributed by atoms with Crippen LogP contribution in [-0.4, -0.2) is 108 Å². The van der Waals surface area contributed by atoms with Crippen molar-refractivity contribution in [1.82, 2.24) is 19.6 Å². The zero-order chi connectivity index (χ0) is 48.5. The Labute approximate surface area is 413 Å². The van der Waals surface area contributed by atoms with Crippen molar-refractivity contribution in [2.45, 2.75) is 42.7 Å². The molecule has 0 bridgehead atoms. The van der Waals surface area contributed by atoms with Gasteiger partial charge in [-0.15, -0.1) is 0 Å². The molecule has 3 saturated heterocycles. The minimum absolute atomic E-state index is 0.101. The van der Waals surface area contributed by atoms with Crippen LogP contribution in [-0.2, 0) is 37.6 Å². The van der Waals surface area contributed by atoms with Gasteiger partial charge >= 0.3 is 5.97 Å². The van der Waals surface area contributed by atoms with Crippen molar-refractivity contribution in [3.8, 4) is 29.1 Å². The molecule has 3 fully saturated rings. The van der Waals surface area contributed by atoms with Crippen LogP contribution in [0.5, 0.6) is 17.2 Å². The van der Waals surface area contributed by atoms with Gasteiger partial charge in [0, 0.05) is 50.5 Å². The van der Waals surface area contributed by atoms with Gasteiger partial charge in [-0.2, -0.15) is 0 Å². The van der Waals surface area contributed by atoms with E-state index in [4.69, 9.17) is 18.9 Å². The number of aliphatic hydroxyl groups excluding tert-OH is 1. The lowest BCUT2D eigenvalue weighted by atomic mass is 9.65. The number of rotatable bonds is 12. The zero-order valence-corrected chi connectivity index (χ0v) is 39.5. The van der Waals surface area contributed by atoms with Crippen LogP contribution in [0, 0.1) is 17.8 Å². The molecule has 11 rings (SSSR count). The highest BCUT2D eigenvalue weighted by atomic mass is 16.7. The van der Waals surface area contributed by atoms with Gasteiger partial charge in [0.15, 0.2) is 11.5 Å². The van der Waals surface area contributed by atoms with Gasteiger partial charge in [0.05, 0.1) is 31.2 Å². The lowest BCUT2D eigenvalue weighted by Gasteiger charge is -2.46. The van der Waals surface area contributed by atoms with Gasteiger partial charge < -0.3 is 34.3 Å². The number of benzene rings is 6. The van der Waals surface area contributed by atoms with Crippen LogP contribution in [0.2, 0.25) is 0 Å². The first kappa shape index (κ1) is 45.9. The lowest BCUT2D eigenvalue weighted by molar-refractivity contribution is -0.179. The number of esters is 1. The topological polar surface area (TPSA) is 133 Å². The molecular weight excluding hydrogens is 895 g/mol. The number of ether oxygens (including phenoxy) is 4. The quantitative estimate of drug-likeness (QED) is 0.0983. The summed E-state index contributed by atoms with van der Waals surface area (Å²) in [5.74, 6) is 6.24. The van der Waals surface area contributed by atoms with Crippen LogP contribution in [0.25, 0.3) is 0 Å². The molecule has 71 heavy (non-hydrogen) atoms. The van der Waals surface area contributed by atoms with Crippen molar-refractivity contribution in [1.29, 1.82) is 0 Å². The van der Waals surface area contributed by atoms with Crippen LogP contribution in [0.1, 0.15) is 57.1 Å². The Hall–Kier alpha value is -7.47. The van der Waals surface area contributed by atoms with Gasteiger partial charge in [0.25, 0.3) is 0 Å². The van der Waals surface area contributed by atoms with E-state index in [1.807, 2.05) is 151 Å². The molecule has 5 aliphatic heterocycles. The normalized spacial score (nSPS) is 23.4. The maximum absolute atomic E-state index is 16.1. The van der Waals surface area contributed by atoms with E-state index >= 15 is 14.4 Å². The average Bonchev–Trinajstić information content (AvgIpc) is 4.10. The Balaban J connectivity index is 1.04. The van der Waals surface area contributed by atoms with Gasteiger partial charge in [-0.05, 0) is 82.9 Å². The SMILES string of the molecule is CN(CC#Cc1ccc2c(c1)C1(C(=O)N2)C(C(=O)N2CCN(Cc3ccc4c(c3)OCO4)CC2)C2C(=O)OC(c3ccccc3)C(c3ccccc3)N2C1c1ccc(OCCO)cc1)Cc1ccccc1. The zero-order valence-electron chi connectivity index (χ0n) is 39.5. The van der Waals surface area contributed by atoms with Crippen molar-refractivity contribution in [2.24, 2.45) is 5.92 Å². The Kier molecular flexibility index (Phi) is 12.8.